The minimum Gasteiger partial charge on any atom is -0.481 e. The number of nitrogens with zero attached hydrogens (tertiary/aromatic N) is 1. The molecule has 2 aromatic carbocycles. The number of aliphatic hydroxyl groups excluding tert-OH is 1. The van der Waals surface area contributed by atoms with Crippen molar-refractivity contribution in [2.75, 3.05) is 13.1 Å². The van der Waals surface area contributed by atoms with Gasteiger partial charge in [0.2, 0.25) is 0 Å². The summed E-state index contributed by atoms with van der Waals surface area (Å²) in [7, 11) is 0. The Kier molecular flexibility index (Phi) is 6.42. The first-order valence-corrected chi connectivity index (χ1v) is 9.53. The Hall–Kier alpha value is -2.31. The SMILES string of the molecule is O=C(O)[C@]1(CCCc2ccccc2)CN(Cc2c(F)cccc2F)CC[C@H]1O. The standard InChI is InChI=1S/C22H25F2NO3/c23-18-9-4-10-19(24)17(18)14-25-13-11-20(26)22(15-25,21(27)28)12-5-8-16-6-2-1-3-7-16/h1-4,6-7,9-10,20,26H,5,8,11-15H2,(H,27,28)/t20-,22-/m1/s1. The number of carbonyl (C=O) groups is 1. The van der Waals surface area contributed by atoms with Crippen molar-refractivity contribution in [3.05, 3.63) is 71.3 Å². The molecule has 4 nitrogen and oxygen atoms in total. The summed E-state index contributed by atoms with van der Waals surface area (Å²) in [6.07, 6.45) is 0.893. The molecule has 0 spiro atoms. The van der Waals surface area contributed by atoms with E-state index in [0.717, 1.165) is 5.56 Å². The number of aliphatic hydroxyl groups is 1. The highest BCUT2D eigenvalue weighted by molar-refractivity contribution is 5.76. The minimum absolute atomic E-state index is 0.0149. The van der Waals surface area contributed by atoms with E-state index >= 15 is 0 Å². The number of rotatable bonds is 7. The fraction of sp³-hybridized carbons (Fsp3) is 0.409. The van der Waals surface area contributed by atoms with Gasteiger partial charge in [0.25, 0.3) is 0 Å². The summed E-state index contributed by atoms with van der Waals surface area (Å²) in [6, 6.07) is 13.5. The maximum Gasteiger partial charge on any atom is 0.313 e. The van der Waals surface area contributed by atoms with Crippen LogP contribution in [0.15, 0.2) is 48.5 Å². The Morgan fingerprint density at radius 3 is 2.43 bits per heavy atom. The van der Waals surface area contributed by atoms with Gasteiger partial charge in [-0.15, -0.1) is 0 Å². The number of hydrogen-bond donors (Lipinski definition) is 2. The van der Waals surface area contributed by atoms with Crippen molar-refractivity contribution in [2.24, 2.45) is 5.41 Å². The second-order valence-corrected chi connectivity index (χ2v) is 7.52. The highest BCUT2D eigenvalue weighted by atomic mass is 19.1. The fourth-order valence-electron chi connectivity index (χ4n) is 4.02. The number of aliphatic carboxylic acids is 1. The zero-order chi connectivity index (χ0) is 20.1. The van der Waals surface area contributed by atoms with Crippen LogP contribution in [0, 0.1) is 17.0 Å². The lowest BCUT2D eigenvalue weighted by molar-refractivity contribution is -0.164. The molecule has 1 heterocycles. The van der Waals surface area contributed by atoms with E-state index in [2.05, 4.69) is 0 Å². The smallest absolute Gasteiger partial charge is 0.313 e. The topological polar surface area (TPSA) is 60.8 Å². The van der Waals surface area contributed by atoms with E-state index < -0.39 is 29.1 Å². The van der Waals surface area contributed by atoms with Gasteiger partial charge in [-0.3, -0.25) is 9.69 Å². The Bertz CT molecular complexity index is 794. The third-order valence-electron chi connectivity index (χ3n) is 5.66. The number of aryl methyl sites for hydroxylation is 1. The lowest BCUT2D eigenvalue weighted by atomic mass is 9.73. The molecule has 1 aliphatic rings. The van der Waals surface area contributed by atoms with Gasteiger partial charge in [-0.1, -0.05) is 36.4 Å². The van der Waals surface area contributed by atoms with Crippen molar-refractivity contribution in [3.8, 4) is 0 Å². The van der Waals surface area contributed by atoms with Gasteiger partial charge in [-0.2, -0.15) is 0 Å². The predicted molar refractivity (Wildman–Crippen MR) is 102 cm³/mol. The normalized spacial score (nSPS) is 22.9. The van der Waals surface area contributed by atoms with Crippen molar-refractivity contribution in [1.29, 1.82) is 0 Å². The highest BCUT2D eigenvalue weighted by Crippen LogP contribution is 2.37. The second-order valence-electron chi connectivity index (χ2n) is 7.52. The molecule has 3 rings (SSSR count). The van der Waals surface area contributed by atoms with Crippen molar-refractivity contribution in [1.82, 2.24) is 4.90 Å². The second kappa shape index (κ2) is 8.80. The number of likely N-dealkylation sites (tertiary alicyclic amines) is 1. The molecular formula is C22H25F2NO3. The molecule has 0 aliphatic carbocycles. The van der Waals surface area contributed by atoms with Crippen molar-refractivity contribution in [2.45, 2.75) is 38.3 Å². The van der Waals surface area contributed by atoms with Gasteiger partial charge >= 0.3 is 5.97 Å². The maximum atomic E-state index is 14.0. The van der Waals surface area contributed by atoms with Gasteiger partial charge in [0.05, 0.1) is 6.10 Å². The van der Waals surface area contributed by atoms with Gasteiger partial charge in [-0.25, -0.2) is 8.78 Å². The zero-order valence-electron chi connectivity index (χ0n) is 15.7. The molecule has 0 amide bonds. The summed E-state index contributed by atoms with van der Waals surface area (Å²) < 4.78 is 28.0. The quantitative estimate of drug-likeness (QED) is 0.759. The first-order chi connectivity index (χ1) is 13.4. The van der Waals surface area contributed by atoms with E-state index in [1.54, 1.807) is 4.90 Å². The average Bonchev–Trinajstić information content (AvgIpc) is 2.68. The van der Waals surface area contributed by atoms with Crippen LogP contribution in [0.25, 0.3) is 0 Å². The van der Waals surface area contributed by atoms with Crippen molar-refractivity contribution >= 4 is 5.97 Å². The van der Waals surface area contributed by atoms with Gasteiger partial charge in [0.1, 0.15) is 17.0 Å². The lowest BCUT2D eigenvalue weighted by Crippen LogP contribution is -2.55. The minimum atomic E-state index is -1.34. The molecule has 0 unspecified atom stereocenters. The molecule has 0 radical (unpaired) electrons. The Labute approximate surface area is 163 Å². The number of piperidine rings is 1. The van der Waals surface area contributed by atoms with Gasteiger partial charge < -0.3 is 10.2 Å². The Balaban J connectivity index is 1.72. The van der Waals surface area contributed by atoms with Crippen LogP contribution in [-0.2, 0) is 17.8 Å². The molecule has 2 atom stereocenters. The molecule has 2 aromatic rings. The van der Waals surface area contributed by atoms with Crippen molar-refractivity contribution in [3.63, 3.8) is 0 Å². The number of hydrogen-bond acceptors (Lipinski definition) is 3. The van der Waals surface area contributed by atoms with Crippen LogP contribution in [0.2, 0.25) is 0 Å². The monoisotopic (exact) mass is 389 g/mol. The van der Waals surface area contributed by atoms with Crippen LogP contribution in [0.4, 0.5) is 8.78 Å². The van der Waals surface area contributed by atoms with Crippen LogP contribution in [0.3, 0.4) is 0 Å². The molecular weight excluding hydrogens is 364 g/mol. The van der Waals surface area contributed by atoms with E-state index in [9.17, 15) is 23.8 Å². The third-order valence-corrected chi connectivity index (χ3v) is 5.66. The summed E-state index contributed by atoms with van der Waals surface area (Å²) >= 11 is 0. The van der Waals surface area contributed by atoms with Gasteiger partial charge in [0.15, 0.2) is 0 Å². The summed E-state index contributed by atoms with van der Waals surface area (Å²) in [6.45, 7) is 0.438. The average molecular weight is 389 g/mol. The first kappa shape index (κ1) is 20.4. The van der Waals surface area contributed by atoms with Crippen molar-refractivity contribution < 1.29 is 23.8 Å². The summed E-state index contributed by atoms with van der Waals surface area (Å²) in [5.41, 5.74) is -0.296. The molecule has 1 saturated heterocycles. The van der Waals surface area contributed by atoms with Gasteiger partial charge in [0, 0.05) is 25.2 Å². The van der Waals surface area contributed by atoms with E-state index in [-0.39, 0.29) is 25.1 Å². The van der Waals surface area contributed by atoms with Crippen LogP contribution in [0.5, 0.6) is 0 Å². The number of halogens is 2. The maximum absolute atomic E-state index is 14.0. The lowest BCUT2D eigenvalue weighted by Gasteiger charge is -2.43. The van der Waals surface area contributed by atoms with E-state index in [0.29, 0.717) is 25.8 Å². The molecule has 2 N–H and O–H groups in total. The van der Waals surface area contributed by atoms with Crippen LogP contribution >= 0.6 is 0 Å². The molecule has 1 fully saturated rings. The van der Waals surface area contributed by atoms with Gasteiger partial charge in [-0.05, 0) is 43.4 Å². The van der Waals surface area contributed by atoms with Crippen LogP contribution in [-0.4, -0.2) is 40.3 Å². The summed E-state index contributed by atoms with van der Waals surface area (Å²) in [4.78, 5) is 13.9. The molecule has 0 bridgehead atoms. The molecule has 1 aliphatic heterocycles. The van der Waals surface area contributed by atoms with Crippen LogP contribution < -0.4 is 0 Å². The molecule has 6 heteroatoms. The predicted octanol–water partition coefficient (Wildman–Crippen LogP) is 3.63. The summed E-state index contributed by atoms with van der Waals surface area (Å²) in [5.74, 6) is -2.35. The Morgan fingerprint density at radius 2 is 1.79 bits per heavy atom. The van der Waals surface area contributed by atoms with E-state index in [4.69, 9.17) is 0 Å². The number of carboxylic acid groups (broad SMARTS) is 1. The molecule has 0 saturated carbocycles. The van der Waals surface area contributed by atoms with E-state index in [1.165, 1.54) is 18.2 Å². The number of carboxylic acids is 1. The number of benzene rings is 2. The fourth-order valence-corrected chi connectivity index (χ4v) is 4.02. The molecule has 28 heavy (non-hydrogen) atoms. The highest BCUT2D eigenvalue weighted by Gasteiger charge is 2.48. The van der Waals surface area contributed by atoms with Crippen LogP contribution in [0.1, 0.15) is 30.4 Å². The summed E-state index contributed by atoms with van der Waals surface area (Å²) in [5, 5.41) is 20.4. The Morgan fingerprint density at radius 1 is 1.11 bits per heavy atom. The molecule has 150 valence electrons. The molecule has 0 aromatic heterocycles. The first-order valence-electron chi connectivity index (χ1n) is 9.53. The third kappa shape index (κ3) is 4.39. The largest absolute Gasteiger partial charge is 0.481 e. The zero-order valence-corrected chi connectivity index (χ0v) is 15.7. The van der Waals surface area contributed by atoms with E-state index in [1.807, 2.05) is 30.3 Å².